The zero-order chi connectivity index (χ0) is 13.3. The van der Waals surface area contributed by atoms with E-state index in [4.69, 9.17) is 11.5 Å². The van der Waals surface area contributed by atoms with E-state index in [-0.39, 0.29) is 11.6 Å². The molecule has 0 aliphatic carbocycles. The number of carbonyl (C=O) groups is 1. The lowest BCUT2D eigenvalue weighted by Crippen LogP contribution is -2.46. The highest BCUT2D eigenvalue weighted by molar-refractivity contribution is 5.93. The highest BCUT2D eigenvalue weighted by atomic mass is 19.1. The first-order valence-electron chi connectivity index (χ1n) is 6.09. The van der Waals surface area contributed by atoms with Gasteiger partial charge in [0, 0.05) is 24.7 Å². The van der Waals surface area contributed by atoms with Gasteiger partial charge in [-0.15, -0.1) is 0 Å². The van der Waals surface area contributed by atoms with Crippen molar-refractivity contribution in [1.82, 2.24) is 0 Å². The lowest BCUT2D eigenvalue weighted by atomic mass is 9.94. The van der Waals surface area contributed by atoms with Crippen molar-refractivity contribution in [3.63, 3.8) is 0 Å². The summed E-state index contributed by atoms with van der Waals surface area (Å²) in [5.74, 6) is -0.697. The van der Waals surface area contributed by atoms with Crippen LogP contribution in [0.2, 0.25) is 0 Å². The largest absolute Gasteiger partial charge is 0.369 e. The molecule has 2 unspecified atom stereocenters. The van der Waals surface area contributed by atoms with Crippen LogP contribution >= 0.6 is 0 Å². The minimum absolute atomic E-state index is 0.175. The number of nitrogens with zero attached hydrogens (tertiary/aromatic N) is 1. The number of hydrogen-bond acceptors (Lipinski definition) is 3. The second-order valence-corrected chi connectivity index (χ2v) is 4.91. The summed E-state index contributed by atoms with van der Waals surface area (Å²) in [6.45, 7) is 3.53. The minimum atomic E-state index is -0.616. The van der Waals surface area contributed by atoms with E-state index in [1.165, 1.54) is 6.07 Å². The highest BCUT2D eigenvalue weighted by Gasteiger charge is 2.24. The summed E-state index contributed by atoms with van der Waals surface area (Å²) in [6.07, 6.45) is 0.845. The van der Waals surface area contributed by atoms with E-state index >= 15 is 0 Å². The number of anilines is 1. The van der Waals surface area contributed by atoms with Gasteiger partial charge in [0.2, 0.25) is 5.91 Å². The van der Waals surface area contributed by atoms with E-state index in [0.29, 0.717) is 11.6 Å². The molecule has 0 radical (unpaired) electrons. The molecule has 1 saturated heterocycles. The molecule has 0 saturated carbocycles. The topological polar surface area (TPSA) is 72.3 Å². The molecular formula is C13H18FN3O. The van der Waals surface area contributed by atoms with Gasteiger partial charge in [0.05, 0.1) is 5.69 Å². The average molecular weight is 251 g/mol. The summed E-state index contributed by atoms with van der Waals surface area (Å²) < 4.78 is 13.9. The summed E-state index contributed by atoms with van der Waals surface area (Å²) in [4.78, 5) is 12.9. The van der Waals surface area contributed by atoms with Crippen LogP contribution in [0.1, 0.15) is 23.7 Å². The van der Waals surface area contributed by atoms with Gasteiger partial charge in [-0.1, -0.05) is 6.92 Å². The first-order valence-corrected chi connectivity index (χ1v) is 6.09. The maximum absolute atomic E-state index is 13.9. The van der Waals surface area contributed by atoms with Crippen LogP contribution in [0.4, 0.5) is 10.1 Å². The number of amides is 1. The van der Waals surface area contributed by atoms with Gasteiger partial charge in [0.1, 0.15) is 5.82 Å². The number of benzene rings is 1. The Bertz CT molecular complexity index is 464. The smallest absolute Gasteiger partial charge is 0.248 e. The first-order chi connectivity index (χ1) is 8.49. The van der Waals surface area contributed by atoms with Crippen molar-refractivity contribution >= 4 is 11.6 Å². The molecule has 1 heterocycles. The van der Waals surface area contributed by atoms with Gasteiger partial charge >= 0.3 is 0 Å². The van der Waals surface area contributed by atoms with Crippen molar-refractivity contribution < 1.29 is 9.18 Å². The van der Waals surface area contributed by atoms with E-state index in [1.807, 2.05) is 4.90 Å². The molecule has 18 heavy (non-hydrogen) atoms. The average Bonchev–Trinajstić information content (AvgIpc) is 2.32. The van der Waals surface area contributed by atoms with Gasteiger partial charge in [0.25, 0.3) is 0 Å². The molecule has 5 heteroatoms. The second kappa shape index (κ2) is 4.94. The monoisotopic (exact) mass is 251 g/mol. The third-order valence-corrected chi connectivity index (χ3v) is 3.54. The molecule has 4 nitrogen and oxygen atoms in total. The van der Waals surface area contributed by atoms with Crippen molar-refractivity contribution in [3.05, 3.63) is 29.6 Å². The summed E-state index contributed by atoms with van der Waals surface area (Å²) >= 11 is 0. The summed E-state index contributed by atoms with van der Waals surface area (Å²) in [6, 6.07) is 4.53. The zero-order valence-corrected chi connectivity index (χ0v) is 10.4. The Morgan fingerprint density at radius 1 is 1.50 bits per heavy atom. The Kier molecular flexibility index (Phi) is 3.52. The zero-order valence-electron chi connectivity index (χ0n) is 10.4. The van der Waals surface area contributed by atoms with Crippen molar-refractivity contribution in [2.45, 2.75) is 19.4 Å². The fraction of sp³-hybridized carbons (Fsp3) is 0.462. The quantitative estimate of drug-likeness (QED) is 0.826. The molecular weight excluding hydrogens is 233 g/mol. The number of piperidine rings is 1. The van der Waals surface area contributed by atoms with Crippen LogP contribution in [-0.2, 0) is 0 Å². The Hall–Kier alpha value is -1.62. The van der Waals surface area contributed by atoms with Crippen molar-refractivity contribution in [2.75, 3.05) is 18.0 Å². The van der Waals surface area contributed by atoms with E-state index in [1.54, 1.807) is 12.1 Å². The SMILES string of the molecule is CC1CN(c2ccc(C(N)=O)cc2F)CCC1N. The van der Waals surface area contributed by atoms with E-state index in [0.717, 1.165) is 19.5 Å². The van der Waals surface area contributed by atoms with Gasteiger partial charge in [0.15, 0.2) is 0 Å². The molecule has 0 aromatic heterocycles. The number of carbonyl (C=O) groups excluding carboxylic acids is 1. The maximum Gasteiger partial charge on any atom is 0.248 e. The van der Waals surface area contributed by atoms with Crippen LogP contribution in [0.5, 0.6) is 0 Å². The standard InChI is InChI=1S/C13H18FN3O/c1-8-7-17(5-4-11(8)15)12-3-2-9(13(16)18)6-10(12)14/h2-3,6,8,11H,4-5,7,15H2,1H3,(H2,16,18). The van der Waals surface area contributed by atoms with Crippen LogP contribution in [0.25, 0.3) is 0 Å². The Balaban J connectivity index is 2.21. The number of hydrogen-bond donors (Lipinski definition) is 2. The molecule has 1 amide bonds. The summed E-state index contributed by atoms with van der Waals surface area (Å²) in [5, 5.41) is 0. The minimum Gasteiger partial charge on any atom is -0.369 e. The van der Waals surface area contributed by atoms with Crippen LogP contribution < -0.4 is 16.4 Å². The van der Waals surface area contributed by atoms with Crippen LogP contribution in [0.15, 0.2) is 18.2 Å². The van der Waals surface area contributed by atoms with Crippen LogP contribution in [0.3, 0.4) is 0 Å². The maximum atomic E-state index is 13.9. The van der Waals surface area contributed by atoms with Gasteiger partial charge in [-0.2, -0.15) is 0 Å². The molecule has 2 atom stereocenters. The summed E-state index contributed by atoms with van der Waals surface area (Å²) in [5.41, 5.74) is 11.8. The Morgan fingerprint density at radius 3 is 2.78 bits per heavy atom. The van der Waals surface area contributed by atoms with Gasteiger partial charge in [-0.05, 0) is 30.5 Å². The van der Waals surface area contributed by atoms with E-state index in [2.05, 4.69) is 6.92 Å². The molecule has 98 valence electrons. The third kappa shape index (κ3) is 2.46. The number of rotatable bonds is 2. The molecule has 0 bridgehead atoms. The third-order valence-electron chi connectivity index (χ3n) is 3.54. The predicted molar refractivity (Wildman–Crippen MR) is 68.9 cm³/mol. The number of primary amides is 1. The fourth-order valence-corrected chi connectivity index (χ4v) is 2.30. The van der Waals surface area contributed by atoms with Crippen molar-refractivity contribution in [2.24, 2.45) is 17.4 Å². The molecule has 1 fully saturated rings. The highest BCUT2D eigenvalue weighted by Crippen LogP contribution is 2.25. The molecule has 1 aliphatic rings. The van der Waals surface area contributed by atoms with Crippen molar-refractivity contribution in [3.8, 4) is 0 Å². The van der Waals surface area contributed by atoms with Crippen LogP contribution in [-0.4, -0.2) is 25.0 Å². The molecule has 1 aromatic carbocycles. The first kappa shape index (κ1) is 12.8. The predicted octanol–water partition coefficient (Wildman–Crippen LogP) is 1.10. The van der Waals surface area contributed by atoms with Crippen LogP contribution in [0, 0.1) is 11.7 Å². The van der Waals surface area contributed by atoms with Crippen molar-refractivity contribution in [1.29, 1.82) is 0 Å². The lowest BCUT2D eigenvalue weighted by molar-refractivity contribution is 0.1000. The molecule has 0 spiro atoms. The summed E-state index contributed by atoms with van der Waals surface area (Å²) in [7, 11) is 0. The normalized spacial score (nSPS) is 24.1. The number of halogens is 1. The molecule has 1 aromatic rings. The number of nitrogens with two attached hydrogens (primary N) is 2. The molecule has 2 rings (SSSR count). The fourth-order valence-electron chi connectivity index (χ4n) is 2.30. The molecule has 1 aliphatic heterocycles. The van der Waals surface area contributed by atoms with Gasteiger partial charge < -0.3 is 16.4 Å². The van der Waals surface area contributed by atoms with E-state index < -0.39 is 11.7 Å². The van der Waals surface area contributed by atoms with E-state index in [9.17, 15) is 9.18 Å². The second-order valence-electron chi connectivity index (χ2n) is 4.91. The Morgan fingerprint density at radius 2 is 2.22 bits per heavy atom. The molecule has 4 N–H and O–H groups in total. The van der Waals surface area contributed by atoms with Gasteiger partial charge in [-0.3, -0.25) is 4.79 Å². The Labute approximate surface area is 106 Å². The lowest BCUT2D eigenvalue weighted by Gasteiger charge is -2.36. The van der Waals surface area contributed by atoms with Gasteiger partial charge in [-0.25, -0.2) is 4.39 Å².